The molecule has 0 unspecified atom stereocenters. The molecule has 0 spiro atoms. The molecule has 0 aliphatic carbocycles. The van der Waals surface area contributed by atoms with Crippen LogP contribution in [0.4, 0.5) is 0 Å². The van der Waals surface area contributed by atoms with E-state index in [2.05, 4.69) is 11.4 Å². The van der Waals surface area contributed by atoms with Crippen molar-refractivity contribution in [3.63, 3.8) is 0 Å². The van der Waals surface area contributed by atoms with Crippen molar-refractivity contribution in [3.05, 3.63) is 65.2 Å². The number of ether oxygens (including phenoxy) is 1. The molecule has 110 valence electrons. The molecule has 0 bridgehead atoms. The van der Waals surface area contributed by atoms with Crippen molar-refractivity contribution >= 4 is 5.91 Å². The third kappa shape index (κ3) is 4.35. The fraction of sp³-hybridized carbons (Fsp3) is 0.278. The van der Waals surface area contributed by atoms with Crippen molar-refractivity contribution in [1.29, 1.82) is 0 Å². The Kier molecular flexibility index (Phi) is 5.38. The molecule has 3 nitrogen and oxygen atoms in total. The van der Waals surface area contributed by atoms with Gasteiger partial charge in [-0.05, 0) is 49.1 Å². The maximum absolute atomic E-state index is 12.0. The first-order valence-electron chi connectivity index (χ1n) is 7.17. The maximum atomic E-state index is 12.0. The van der Waals surface area contributed by atoms with Gasteiger partial charge in [0.1, 0.15) is 5.75 Å². The Morgan fingerprint density at radius 3 is 2.71 bits per heavy atom. The van der Waals surface area contributed by atoms with E-state index in [4.69, 9.17) is 4.74 Å². The summed E-state index contributed by atoms with van der Waals surface area (Å²) in [5.41, 5.74) is 2.97. The van der Waals surface area contributed by atoms with E-state index >= 15 is 0 Å². The number of amides is 1. The van der Waals surface area contributed by atoms with Gasteiger partial charge in [-0.1, -0.05) is 30.3 Å². The highest BCUT2D eigenvalue weighted by atomic mass is 16.5. The van der Waals surface area contributed by atoms with Crippen LogP contribution in [0.15, 0.2) is 48.5 Å². The smallest absolute Gasteiger partial charge is 0.251 e. The number of carbonyl (C=O) groups is 1. The summed E-state index contributed by atoms with van der Waals surface area (Å²) in [7, 11) is 1.67. The number of hydrogen-bond acceptors (Lipinski definition) is 2. The van der Waals surface area contributed by atoms with E-state index in [1.807, 2.05) is 49.4 Å². The van der Waals surface area contributed by atoms with Crippen LogP contribution in [-0.2, 0) is 6.42 Å². The van der Waals surface area contributed by atoms with Gasteiger partial charge >= 0.3 is 0 Å². The Labute approximate surface area is 126 Å². The Balaban J connectivity index is 1.79. The predicted octanol–water partition coefficient (Wildman–Crippen LogP) is 3.37. The minimum Gasteiger partial charge on any atom is -0.497 e. The van der Waals surface area contributed by atoms with Crippen LogP contribution in [0.25, 0.3) is 0 Å². The fourth-order valence-corrected chi connectivity index (χ4v) is 2.25. The van der Waals surface area contributed by atoms with Crippen LogP contribution in [-0.4, -0.2) is 19.6 Å². The van der Waals surface area contributed by atoms with E-state index in [1.165, 1.54) is 5.56 Å². The van der Waals surface area contributed by atoms with Gasteiger partial charge in [0.2, 0.25) is 0 Å². The highest BCUT2D eigenvalue weighted by molar-refractivity contribution is 5.95. The molecule has 0 aliphatic rings. The number of nitrogens with one attached hydrogen (secondary N) is 1. The summed E-state index contributed by atoms with van der Waals surface area (Å²) >= 11 is 0. The maximum Gasteiger partial charge on any atom is 0.251 e. The molecule has 2 aromatic rings. The molecular formula is C18H21NO2. The van der Waals surface area contributed by atoms with E-state index < -0.39 is 0 Å². The molecule has 0 radical (unpaired) electrons. The van der Waals surface area contributed by atoms with E-state index in [1.54, 1.807) is 7.11 Å². The Bertz CT molecular complexity index is 608. The van der Waals surface area contributed by atoms with Gasteiger partial charge in [0.15, 0.2) is 0 Å². The molecule has 0 aliphatic heterocycles. The van der Waals surface area contributed by atoms with Crippen LogP contribution in [0.5, 0.6) is 5.75 Å². The van der Waals surface area contributed by atoms with E-state index in [0.29, 0.717) is 6.54 Å². The van der Waals surface area contributed by atoms with E-state index in [-0.39, 0.29) is 5.91 Å². The number of benzene rings is 2. The molecule has 1 N–H and O–H groups in total. The zero-order valence-electron chi connectivity index (χ0n) is 12.6. The summed E-state index contributed by atoms with van der Waals surface area (Å²) < 4.78 is 5.20. The van der Waals surface area contributed by atoms with Crippen molar-refractivity contribution in [3.8, 4) is 5.75 Å². The van der Waals surface area contributed by atoms with Crippen LogP contribution in [0.3, 0.4) is 0 Å². The number of rotatable bonds is 6. The lowest BCUT2D eigenvalue weighted by Gasteiger charge is -2.08. The first-order valence-corrected chi connectivity index (χ1v) is 7.17. The summed E-state index contributed by atoms with van der Waals surface area (Å²) in [4.78, 5) is 12.0. The van der Waals surface area contributed by atoms with Crippen molar-refractivity contribution in [2.75, 3.05) is 13.7 Å². The van der Waals surface area contributed by atoms with Crippen LogP contribution < -0.4 is 10.1 Å². The van der Waals surface area contributed by atoms with Crippen LogP contribution in [0.1, 0.15) is 27.9 Å². The highest BCUT2D eigenvalue weighted by Gasteiger charge is 2.06. The van der Waals surface area contributed by atoms with Crippen molar-refractivity contribution in [2.24, 2.45) is 0 Å². The second kappa shape index (κ2) is 7.48. The van der Waals surface area contributed by atoms with Gasteiger partial charge in [-0.2, -0.15) is 0 Å². The zero-order chi connectivity index (χ0) is 15.1. The molecule has 0 fully saturated rings. The standard InChI is InChI=1S/C18H21NO2/c1-14-7-3-4-11-17(14)18(20)19-12-6-9-15-8-5-10-16(13-15)21-2/h3-5,7-8,10-11,13H,6,9,12H2,1-2H3,(H,19,20). The Hall–Kier alpha value is -2.29. The first-order chi connectivity index (χ1) is 10.2. The summed E-state index contributed by atoms with van der Waals surface area (Å²) in [6, 6.07) is 15.7. The van der Waals surface area contributed by atoms with E-state index in [9.17, 15) is 4.79 Å². The lowest BCUT2D eigenvalue weighted by molar-refractivity contribution is 0.0952. The topological polar surface area (TPSA) is 38.3 Å². The van der Waals surface area contributed by atoms with Gasteiger partial charge in [-0.3, -0.25) is 4.79 Å². The first kappa shape index (κ1) is 15.1. The third-order valence-corrected chi connectivity index (χ3v) is 3.45. The lowest BCUT2D eigenvalue weighted by Crippen LogP contribution is -2.25. The number of hydrogen-bond donors (Lipinski definition) is 1. The molecule has 21 heavy (non-hydrogen) atoms. The molecule has 0 heterocycles. The van der Waals surface area contributed by atoms with E-state index in [0.717, 1.165) is 29.7 Å². The molecule has 1 amide bonds. The zero-order valence-corrected chi connectivity index (χ0v) is 12.6. The monoisotopic (exact) mass is 283 g/mol. The molecule has 2 rings (SSSR count). The Morgan fingerprint density at radius 1 is 1.14 bits per heavy atom. The number of carbonyl (C=O) groups excluding carboxylic acids is 1. The van der Waals surface area contributed by atoms with Crippen LogP contribution >= 0.6 is 0 Å². The fourth-order valence-electron chi connectivity index (χ4n) is 2.25. The van der Waals surface area contributed by atoms with Crippen molar-refractivity contribution < 1.29 is 9.53 Å². The largest absolute Gasteiger partial charge is 0.497 e. The Morgan fingerprint density at radius 2 is 1.95 bits per heavy atom. The number of methoxy groups -OCH3 is 1. The third-order valence-electron chi connectivity index (χ3n) is 3.45. The van der Waals surface area contributed by atoms with Gasteiger partial charge < -0.3 is 10.1 Å². The average Bonchev–Trinajstić information content (AvgIpc) is 2.52. The molecule has 0 saturated carbocycles. The minimum absolute atomic E-state index is 0.00116. The molecule has 3 heteroatoms. The van der Waals surface area contributed by atoms with Gasteiger partial charge in [0, 0.05) is 12.1 Å². The second-order valence-corrected chi connectivity index (χ2v) is 5.03. The molecule has 0 aromatic heterocycles. The summed E-state index contributed by atoms with van der Waals surface area (Å²) in [6.45, 7) is 2.62. The predicted molar refractivity (Wildman–Crippen MR) is 84.8 cm³/mol. The average molecular weight is 283 g/mol. The summed E-state index contributed by atoms with van der Waals surface area (Å²) in [6.07, 6.45) is 1.83. The molecule has 0 saturated heterocycles. The molecule has 2 aromatic carbocycles. The van der Waals surface area contributed by atoms with Crippen LogP contribution in [0, 0.1) is 6.92 Å². The SMILES string of the molecule is COc1cccc(CCCNC(=O)c2ccccc2C)c1. The summed E-state index contributed by atoms with van der Waals surface area (Å²) in [5, 5.41) is 2.97. The molecular weight excluding hydrogens is 262 g/mol. The van der Waals surface area contributed by atoms with Gasteiger partial charge in [-0.25, -0.2) is 0 Å². The van der Waals surface area contributed by atoms with Crippen LogP contribution in [0.2, 0.25) is 0 Å². The van der Waals surface area contributed by atoms with Gasteiger partial charge in [-0.15, -0.1) is 0 Å². The van der Waals surface area contributed by atoms with Crippen molar-refractivity contribution in [2.45, 2.75) is 19.8 Å². The minimum atomic E-state index is -0.00116. The molecule has 0 atom stereocenters. The van der Waals surface area contributed by atoms with Gasteiger partial charge in [0.25, 0.3) is 5.91 Å². The normalized spacial score (nSPS) is 10.2. The quantitative estimate of drug-likeness (QED) is 0.825. The summed E-state index contributed by atoms with van der Waals surface area (Å²) in [5.74, 6) is 0.871. The highest BCUT2D eigenvalue weighted by Crippen LogP contribution is 2.13. The lowest BCUT2D eigenvalue weighted by atomic mass is 10.1. The van der Waals surface area contributed by atoms with Crippen molar-refractivity contribution in [1.82, 2.24) is 5.32 Å². The second-order valence-electron chi connectivity index (χ2n) is 5.03. The number of aryl methyl sites for hydroxylation is 2. The van der Waals surface area contributed by atoms with Gasteiger partial charge in [0.05, 0.1) is 7.11 Å².